The molecular formula is C11H17FOSi. The Morgan fingerprint density at radius 2 is 1.79 bits per heavy atom. The summed E-state index contributed by atoms with van der Waals surface area (Å²) in [5, 5.41) is 0.783. The van der Waals surface area contributed by atoms with Crippen LogP contribution in [0.2, 0.25) is 19.6 Å². The number of aryl methyl sites for hydroxylation is 1. The second-order valence-corrected chi connectivity index (χ2v) is 9.57. The number of halogens is 1. The highest BCUT2D eigenvalue weighted by Gasteiger charge is 2.25. The molecule has 1 rings (SSSR count). The molecule has 0 saturated carbocycles. The molecule has 0 fully saturated rings. The Labute approximate surface area is 85.9 Å². The van der Waals surface area contributed by atoms with Crippen molar-refractivity contribution in [3.05, 3.63) is 23.5 Å². The number of hydrogen-bond acceptors (Lipinski definition) is 1. The molecular weight excluding hydrogens is 195 g/mol. The van der Waals surface area contributed by atoms with Gasteiger partial charge in [-0.25, -0.2) is 4.39 Å². The van der Waals surface area contributed by atoms with Crippen LogP contribution in [0.5, 0.6) is 5.75 Å². The monoisotopic (exact) mass is 212 g/mol. The molecule has 0 radical (unpaired) electrons. The van der Waals surface area contributed by atoms with E-state index < -0.39 is 8.07 Å². The summed E-state index contributed by atoms with van der Waals surface area (Å²) in [5.74, 6) is 0.572. The van der Waals surface area contributed by atoms with Crippen LogP contribution >= 0.6 is 0 Å². The summed E-state index contributed by atoms with van der Waals surface area (Å²) < 4.78 is 19.0. The van der Waals surface area contributed by atoms with Crippen LogP contribution in [0.1, 0.15) is 5.56 Å². The third-order valence-corrected chi connectivity index (χ3v) is 4.15. The van der Waals surface area contributed by atoms with E-state index in [1.54, 1.807) is 13.2 Å². The molecule has 0 aliphatic heterocycles. The molecule has 78 valence electrons. The van der Waals surface area contributed by atoms with Crippen LogP contribution in [0.15, 0.2) is 12.1 Å². The molecule has 14 heavy (non-hydrogen) atoms. The van der Waals surface area contributed by atoms with E-state index in [-0.39, 0.29) is 5.82 Å². The highest BCUT2D eigenvalue weighted by atomic mass is 28.3. The summed E-state index contributed by atoms with van der Waals surface area (Å²) in [5.41, 5.74) is 0.904. The van der Waals surface area contributed by atoms with Gasteiger partial charge in [-0.2, -0.15) is 0 Å². The van der Waals surface area contributed by atoms with Crippen molar-refractivity contribution < 1.29 is 9.13 Å². The van der Waals surface area contributed by atoms with Crippen LogP contribution in [0.4, 0.5) is 4.39 Å². The van der Waals surface area contributed by atoms with Gasteiger partial charge in [-0.3, -0.25) is 0 Å². The van der Waals surface area contributed by atoms with E-state index in [0.29, 0.717) is 5.75 Å². The molecule has 1 aromatic rings. The molecule has 0 atom stereocenters. The first-order valence-corrected chi connectivity index (χ1v) is 8.21. The first-order chi connectivity index (χ1) is 6.36. The van der Waals surface area contributed by atoms with Gasteiger partial charge in [0, 0.05) is 5.19 Å². The van der Waals surface area contributed by atoms with Gasteiger partial charge in [0.05, 0.1) is 15.2 Å². The van der Waals surface area contributed by atoms with Crippen LogP contribution in [-0.4, -0.2) is 15.2 Å². The van der Waals surface area contributed by atoms with Gasteiger partial charge < -0.3 is 4.74 Å². The van der Waals surface area contributed by atoms with Gasteiger partial charge in [0.25, 0.3) is 0 Å². The quantitative estimate of drug-likeness (QED) is 0.685. The number of rotatable bonds is 2. The Kier molecular flexibility index (Phi) is 3.00. The Morgan fingerprint density at radius 3 is 2.21 bits per heavy atom. The lowest BCUT2D eigenvalue weighted by Gasteiger charge is -2.21. The predicted octanol–water partition coefficient (Wildman–Crippen LogP) is 2.69. The maximum absolute atomic E-state index is 13.7. The van der Waals surface area contributed by atoms with Crippen LogP contribution in [0.3, 0.4) is 0 Å². The average molecular weight is 212 g/mol. The summed E-state index contributed by atoms with van der Waals surface area (Å²) in [4.78, 5) is 0. The first kappa shape index (κ1) is 11.2. The number of hydrogen-bond donors (Lipinski definition) is 0. The van der Waals surface area contributed by atoms with Gasteiger partial charge in [0.15, 0.2) is 0 Å². The predicted molar refractivity (Wildman–Crippen MR) is 60.7 cm³/mol. The first-order valence-electron chi connectivity index (χ1n) is 4.71. The number of ether oxygens (including phenoxy) is 1. The van der Waals surface area contributed by atoms with E-state index >= 15 is 0 Å². The molecule has 3 heteroatoms. The van der Waals surface area contributed by atoms with Gasteiger partial charge in [-0.15, -0.1) is 0 Å². The molecule has 0 spiro atoms. The minimum Gasteiger partial charge on any atom is -0.497 e. The van der Waals surface area contributed by atoms with Crippen LogP contribution < -0.4 is 9.92 Å². The standard InChI is InChI=1S/C11H17FOSi/c1-8-6-9(12)11(14(3,4)5)10(7-8)13-2/h6-7H,1-5H3. The van der Waals surface area contributed by atoms with Crippen LogP contribution in [-0.2, 0) is 0 Å². The molecule has 1 nitrogen and oxygen atoms in total. The molecule has 0 N–H and O–H groups in total. The SMILES string of the molecule is COc1cc(C)cc(F)c1[Si](C)(C)C. The van der Waals surface area contributed by atoms with Crippen LogP contribution in [0, 0.1) is 12.7 Å². The topological polar surface area (TPSA) is 9.23 Å². The fourth-order valence-electron chi connectivity index (χ4n) is 1.60. The smallest absolute Gasteiger partial charge is 0.126 e. The van der Waals surface area contributed by atoms with Gasteiger partial charge in [-0.1, -0.05) is 19.6 Å². The average Bonchev–Trinajstić information content (AvgIpc) is 1.99. The molecule has 0 aromatic heterocycles. The fourth-order valence-corrected chi connectivity index (χ4v) is 3.30. The maximum atomic E-state index is 13.7. The lowest BCUT2D eigenvalue weighted by Crippen LogP contribution is -2.41. The highest BCUT2D eigenvalue weighted by Crippen LogP contribution is 2.18. The lowest BCUT2D eigenvalue weighted by atomic mass is 10.2. The van der Waals surface area contributed by atoms with E-state index in [2.05, 4.69) is 19.6 Å². The second-order valence-electron chi connectivity index (χ2n) is 4.57. The van der Waals surface area contributed by atoms with Crippen LogP contribution in [0.25, 0.3) is 0 Å². The van der Waals surface area contributed by atoms with Crippen molar-refractivity contribution in [2.75, 3.05) is 7.11 Å². The second kappa shape index (κ2) is 3.73. The highest BCUT2D eigenvalue weighted by molar-refractivity contribution is 6.89. The third-order valence-electron chi connectivity index (χ3n) is 2.17. The zero-order chi connectivity index (χ0) is 10.9. The third kappa shape index (κ3) is 2.15. The van der Waals surface area contributed by atoms with E-state index in [4.69, 9.17) is 4.74 Å². The molecule has 1 aromatic carbocycles. The van der Waals surface area contributed by atoms with E-state index in [0.717, 1.165) is 10.8 Å². The van der Waals surface area contributed by atoms with Crippen molar-refractivity contribution in [3.8, 4) is 5.75 Å². The van der Waals surface area contributed by atoms with Gasteiger partial charge >= 0.3 is 0 Å². The van der Waals surface area contributed by atoms with Crippen molar-refractivity contribution in [2.45, 2.75) is 26.6 Å². The lowest BCUT2D eigenvalue weighted by molar-refractivity contribution is 0.415. The molecule has 0 aliphatic rings. The Hall–Kier alpha value is -0.833. The normalized spacial score (nSPS) is 11.6. The summed E-state index contributed by atoms with van der Waals surface area (Å²) in [6.45, 7) is 8.22. The maximum Gasteiger partial charge on any atom is 0.126 e. The number of methoxy groups -OCH3 is 1. The fraction of sp³-hybridized carbons (Fsp3) is 0.455. The molecule has 0 amide bonds. The van der Waals surface area contributed by atoms with Crippen molar-refractivity contribution in [3.63, 3.8) is 0 Å². The van der Waals surface area contributed by atoms with Gasteiger partial charge in [0.2, 0.25) is 0 Å². The Balaban J connectivity index is 3.40. The zero-order valence-electron chi connectivity index (χ0n) is 9.44. The Bertz CT molecular complexity index is 342. The minimum absolute atomic E-state index is 0.124. The van der Waals surface area contributed by atoms with Gasteiger partial charge in [0.1, 0.15) is 11.6 Å². The Morgan fingerprint density at radius 1 is 1.21 bits per heavy atom. The van der Waals surface area contributed by atoms with Crippen molar-refractivity contribution in [1.29, 1.82) is 0 Å². The summed E-state index contributed by atoms with van der Waals surface area (Å²) in [6.07, 6.45) is 0. The largest absolute Gasteiger partial charge is 0.497 e. The molecule has 0 aliphatic carbocycles. The summed E-state index contributed by atoms with van der Waals surface area (Å²) in [7, 11) is -0.0713. The molecule has 0 saturated heterocycles. The minimum atomic E-state index is -1.67. The molecule has 0 heterocycles. The van der Waals surface area contributed by atoms with Crippen molar-refractivity contribution >= 4 is 13.3 Å². The zero-order valence-corrected chi connectivity index (χ0v) is 10.4. The molecule has 0 unspecified atom stereocenters. The van der Waals surface area contributed by atoms with E-state index in [1.807, 2.05) is 13.0 Å². The summed E-state index contributed by atoms with van der Waals surface area (Å²) in [6, 6.07) is 3.48. The van der Waals surface area contributed by atoms with Crippen molar-refractivity contribution in [2.24, 2.45) is 0 Å². The summed E-state index contributed by atoms with van der Waals surface area (Å²) >= 11 is 0. The van der Waals surface area contributed by atoms with Crippen molar-refractivity contribution in [1.82, 2.24) is 0 Å². The van der Waals surface area contributed by atoms with Gasteiger partial charge in [-0.05, 0) is 24.6 Å². The molecule has 0 bridgehead atoms. The van der Waals surface area contributed by atoms with E-state index in [1.165, 1.54) is 0 Å². The van der Waals surface area contributed by atoms with E-state index in [9.17, 15) is 4.39 Å². The number of benzene rings is 1.